The largest absolute Gasteiger partial charge is 0.478 e. The number of amides is 1. The van der Waals surface area contributed by atoms with Crippen LogP contribution >= 0.6 is 0 Å². The first-order valence-corrected chi connectivity index (χ1v) is 8.13. The molecule has 3 aromatic rings. The minimum atomic E-state index is -1.04. The van der Waals surface area contributed by atoms with Crippen LogP contribution in [0.4, 0.5) is 5.69 Å². The lowest BCUT2D eigenvalue weighted by atomic mass is 10.3. The normalized spacial score (nSPS) is 10.8. The lowest BCUT2D eigenvalue weighted by Gasteiger charge is -2.03. The number of carbonyl (C=O) groups is 2. The van der Waals surface area contributed by atoms with Crippen molar-refractivity contribution in [2.75, 3.05) is 5.32 Å². The molecule has 0 atom stereocenters. The Hall–Kier alpha value is -3.43. The number of aryl methyl sites for hydroxylation is 2. The number of anilines is 1. The fourth-order valence-corrected chi connectivity index (χ4v) is 2.40. The van der Waals surface area contributed by atoms with Crippen molar-refractivity contribution >= 4 is 17.6 Å². The lowest BCUT2D eigenvalue weighted by molar-refractivity contribution is -0.116. The van der Waals surface area contributed by atoms with Gasteiger partial charge in [0.15, 0.2) is 0 Å². The van der Waals surface area contributed by atoms with E-state index in [-0.39, 0.29) is 17.9 Å². The van der Waals surface area contributed by atoms with Crippen molar-refractivity contribution in [3.8, 4) is 0 Å². The van der Waals surface area contributed by atoms with Gasteiger partial charge in [-0.3, -0.25) is 18.8 Å². The van der Waals surface area contributed by atoms with E-state index >= 15 is 0 Å². The van der Waals surface area contributed by atoms with E-state index in [1.54, 1.807) is 23.3 Å². The van der Waals surface area contributed by atoms with E-state index in [9.17, 15) is 9.59 Å². The monoisotopic (exact) mass is 357 g/mol. The summed E-state index contributed by atoms with van der Waals surface area (Å²) < 4.78 is 4.99. The maximum atomic E-state index is 12.0. The molecule has 10 nitrogen and oxygen atoms in total. The molecule has 0 bridgehead atoms. The molecular weight excluding hydrogens is 338 g/mol. The summed E-state index contributed by atoms with van der Waals surface area (Å²) in [7, 11) is 0. The molecule has 136 valence electrons. The zero-order valence-electron chi connectivity index (χ0n) is 14.2. The summed E-state index contributed by atoms with van der Waals surface area (Å²) in [5.41, 5.74) is 1.73. The van der Waals surface area contributed by atoms with Crippen LogP contribution in [0.2, 0.25) is 0 Å². The van der Waals surface area contributed by atoms with Crippen LogP contribution in [0.3, 0.4) is 0 Å². The molecule has 0 fully saturated rings. The third-order valence-electron chi connectivity index (χ3n) is 3.72. The van der Waals surface area contributed by atoms with Gasteiger partial charge < -0.3 is 10.4 Å². The standard InChI is InChI=1S/C16H19N7O3/c1-2-21-8-12(5-17-21)9-23-11-14(7-19-23)20-15(24)3-4-22-10-13(6-18-22)16(25)26/h5-8,10-11H,2-4,9H2,1H3,(H,20,24)(H,25,26). The van der Waals surface area contributed by atoms with Crippen LogP contribution in [-0.2, 0) is 24.4 Å². The van der Waals surface area contributed by atoms with Crippen molar-refractivity contribution < 1.29 is 14.7 Å². The first kappa shape index (κ1) is 17.4. The van der Waals surface area contributed by atoms with E-state index in [1.165, 1.54) is 17.1 Å². The highest BCUT2D eigenvalue weighted by atomic mass is 16.4. The Morgan fingerprint density at radius 1 is 1.04 bits per heavy atom. The lowest BCUT2D eigenvalue weighted by Crippen LogP contribution is -2.14. The molecule has 0 aliphatic heterocycles. The molecule has 0 saturated carbocycles. The van der Waals surface area contributed by atoms with E-state index in [0.29, 0.717) is 18.8 Å². The van der Waals surface area contributed by atoms with Gasteiger partial charge in [0.05, 0.1) is 36.4 Å². The number of nitrogens with zero attached hydrogens (tertiary/aromatic N) is 6. The summed E-state index contributed by atoms with van der Waals surface area (Å²) in [6, 6.07) is 0. The second-order valence-corrected chi connectivity index (χ2v) is 5.73. The number of hydrogen-bond acceptors (Lipinski definition) is 5. The molecule has 0 spiro atoms. The zero-order valence-corrected chi connectivity index (χ0v) is 14.2. The second-order valence-electron chi connectivity index (χ2n) is 5.73. The van der Waals surface area contributed by atoms with Crippen molar-refractivity contribution in [2.24, 2.45) is 0 Å². The number of carboxylic acids is 1. The Balaban J connectivity index is 1.49. The summed E-state index contributed by atoms with van der Waals surface area (Å²) >= 11 is 0. The topological polar surface area (TPSA) is 120 Å². The number of aromatic nitrogens is 6. The summed E-state index contributed by atoms with van der Waals surface area (Å²) in [4.78, 5) is 22.8. The number of aromatic carboxylic acids is 1. The smallest absolute Gasteiger partial charge is 0.338 e. The van der Waals surface area contributed by atoms with Gasteiger partial charge >= 0.3 is 5.97 Å². The molecule has 26 heavy (non-hydrogen) atoms. The van der Waals surface area contributed by atoms with Gasteiger partial charge in [-0.05, 0) is 6.92 Å². The highest BCUT2D eigenvalue weighted by Gasteiger charge is 2.09. The predicted molar refractivity (Wildman–Crippen MR) is 91.7 cm³/mol. The molecule has 0 saturated heterocycles. The predicted octanol–water partition coefficient (Wildman–Crippen LogP) is 1.07. The molecule has 0 aromatic carbocycles. The second kappa shape index (κ2) is 7.64. The summed E-state index contributed by atoms with van der Waals surface area (Å²) in [6.07, 6.45) is 9.90. The van der Waals surface area contributed by atoms with Crippen LogP contribution < -0.4 is 5.32 Å². The maximum absolute atomic E-state index is 12.0. The number of carbonyl (C=O) groups excluding carboxylic acids is 1. The van der Waals surface area contributed by atoms with Crippen LogP contribution in [0, 0.1) is 0 Å². The third-order valence-corrected chi connectivity index (χ3v) is 3.72. The van der Waals surface area contributed by atoms with Gasteiger partial charge in [0.25, 0.3) is 0 Å². The number of carboxylic acid groups (broad SMARTS) is 1. The van der Waals surface area contributed by atoms with Crippen molar-refractivity contribution in [1.29, 1.82) is 0 Å². The summed E-state index contributed by atoms with van der Waals surface area (Å²) in [5, 5.41) is 24.0. The molecular formula is C16H19N7O3. The first-order chi connectivity index (χ1) is 12.5. The Labute approximate surface area is 149 Å². The summed E-state index contributed by atoms with van der Waals surface area (Å²) in [6.45, 7) is 3.69. The molecule has 0 unspecified atom stereocenters. The third kappa shape index (κ3) is 4.35. The molecule has 3 rings (SSSR count). The SMILES string of the molecule is CCn1cc(Cn2cc(NC(=O)CCn3cc(C(=O)O)cn3)cn2)cn1. The fraction of sp³-hybridized carbons (Fsp3) is 0.312. The van der Waals surface area contributed by atoms with Gasteiger partial charge in [-0.2, -0.15) is 15.3 Å². The first-order valence-electron chi connectivity index (χ1n) is 8.13. The zero-order chi connectivity index (χ0) is 18.5. The fourth-order valence-electron chi connectivity index (χ4n) is 2.40. The average molecular weight is 357 g/mol. The Morgan fingerprint density at radius 2 is 1.81 bits per heavy atom. The maximum Gasteiger partial charge on any atom is 0.338 e. The van der Waals surface area contributed by atoms with Crippen LogP contribution in [0.15, 0.2) is 37.2 Å². The molecule has 0 radical (unpaired) electrons. The van der Waals surface area contributed by atoms with Gasteiger partial charge in [0, 0.05) is 43.7 Å². The summed E-state index contributed by atoms with van der Waals surface area (Å²) in [5.74, 6) is -1.24. The van der Waals surface area contributed by atoms with Gasteiger partial charge in [-0.25, -0.2) is 4.79 Å². The van der Waals surface area contributed by atoms with Crippen molar-refractivity contribution in [1.82, 2.24) is 29.3 Å². The molecule has 3 aromatic heterocycles. The molecule has 2 N–H and O–H groups in total. The van der Waals surface area contributed by atoms with E-state index in [0.717, 1.165) is 12.1 Å². The van der Waals surface area contributed by atoms with Crippen LogP contribution in [0.1, 0.15) is 29.3 Å². The number of rotatable bonds is 8. The molecule has 3 heterocycles. The van der Waals surface area contributed by atoms with Crippen molar-refractivity contribution in [3.05, 3.63) is 48.3 Å². The number of hydrogen-bond donors (Lipinski definition) is 2. The van der Waals surface area contributed by atoms with E-state index in [2.05, 4.69) is 20.6 Å². The number of nitrogens with one attached hydrogen (secondary N) is 1. The van der Waals surface area contributed by atoms with Crippen LogP contribution in [0.5, 0.6) is 0 Å². The van der Waals surface area contributed by atoms with Gasteiger partial charge in [-0.1, -0.05) is 0 Å². The molecule has 1 amide bonds. The average Bonchev–Trinajstić information content (AvgIpc) is 3.34. The highest BCUT2D eigenvalue weighted by molar-refractivity contribution is 5.90. The van der Waals surface area contributed by atoms with E-state index in [1.807, 2.05) is 17.8 Å². The molecule has 10 heteroatoms. The van der Waals surface area contributed by atoms with Crippen LogP contribution in [0.25, 0.3) is 0 Å². The van der Waals surface area contributed by atoms with Crippen LogP contribution in [-0.4, -0.2) is 46.3 Å². The minimum Gasteiger partial charge on any atom is -0.478 e. The van der Waals surface area contributed by atoms with Gasteiger partial charge in [0.1, 0.15) is 0 Å². The molecule has 0 aliphatic carbocycles. The Bertz CT molecular complexity index is 908. The quantitative estimate of drug-likeness (QED) is 0.622. The minimum absolute atomic E-state index is 0.0954. The van der Waals surface area contributed by atoms with E-state index in [4.69, 9.17) is 5.11 Å². The van der Waals surface area contributed by atoms with Crippen molar-refractivity contribution in [2.45, 2.75) is 33.0 Å². The Morgan fingerprint density at radius 3 is 2.50 bits per heavy atom. The Kier molecular flexibility index (Phi) is 5.11. The van der Waals surface area contributed by atoms with Gasteiger partial charge in [0.2, 0.25) is 5.91 Å². The van der Waals surface area contributed by atoms with E-state index < -0.39 is 5.97 Å². The highest BCUT2D eigenvalue weighted by Crippen LogP contribution is 2.09. The van der Waals surface area contributed by atoms with Gasteiger partial charge in [-0.15, -0.1) is 0 Å². The van der Waals surface area contributed by atoms with Crippen molar-refractivity contribution in [3.63, 3.8) is 0 Å². The molecule has 0 aliphatic rings.